The lowest BCUT2D eigenvalue weighted by Crippen LogP contribution is -2.39. The van der Waals surface area contributed by atoms with Crippen LogP contribution in [0.15, 0.2) is 42.1 Å². The zero-order chi connectivity index (χ0) is 14.4. The van der Waals surface area contributed by atoms with Gasteiger partial charge in [0.1, 0.15) is 6.04 Å². The number of allylic oxidation sites excluding steroid dienone is 1. The molecule has 0 saturated carbocycles. The number of ether oxygens (including phenoxy) is 1. The number of methoxy groups -OCH3 is 1. The second kappa shape index (κ2) is 6.75. The molecule has 2 rings (SSSR count). The van der Waals surface area contributed by atoms with Crippen LogP contribution in [0.5, 0.6) is 0 Å². The third-order valence-electron chi connectivity index (χ3n) is 3.18. The topological polar surface area (TPSA) is 67.4 Å². The van der Waals surface area contributed by atoms with Crippen molar-refractivity contribution >= 4 is 11.9 Å². The molecule has 1 aromatic carbocycles. The highest BCUT2D eigenvalue weighted by molar-refractivity contribution is 5.85. The molecule has 1 saturated heterocycles. The first-order valence-corrected chi connectivity index (χ1v) is 6.55. The zero-order valence-electron chi connectivity index (χ0n) is 11.4. The van der Waals surface area contributed by atoms with Crippen LogP contribution in [0, 0.1) is 0 Å². The molecular formula is C15H18N2O3. The van der Waals surface area contributed by atoms with Crippen molar-refractivity contribution in [1.82, 2.24) is 10.6 Å². The van der Waals surface area contributed by atoms with E-state index in [1.807, 2.05) is 30.3 Å². The van der Waals surface area contributed by atoms with E-state index in [9.17, 15) is 9.59 Å². The lowest BCUT2D eigenvalue weighted by atomic mass is 10.2. The Bertz CT molecular complexity index is 511. The van der Waals surface area contributed by atoms with Crippen molar-refractivity contribution in [2.24, 2.45) is 0 Å². The van der Waals surface area contributed by atoms with Gasteiger partial charge in [-0.3, -0.25) is 4.79 Å². The quantitative estimate of drug-likeness (QED) is 0.637. The molecular weight excluding hydrogens is 256 g/mol. The summed E-state index contributed by atoms with van der Waals surface area (Å²) in [7, 11) is 1.33. The predicted octanol–water partition coefficient (Wildman–Crippen LogP) is 1.11. The van der Waals surface area contributed by atoms with Crippen LogP contribution in [-0.4, -0.2) is 25.0 Å². The fourth-order valence-corrected chi connectivity index (χ4v) is 2.09. The number of carbonyl (C=O) groups is 2. The molecule has 1 heterocycles. The van der Waals surface area contributed by atoms with Crippen LogP contribution in [0.4, 0.5) is 0 Å². The highest BCUT2D eigenvalue weighted by atomic mass is 16.5. The first kappa shape index (κ1) is 14.1. The normalized spacial score (nSPS) is 19.4. The summed E-state index contributed by atoms with van der Waals surface area (Å²) < 4.78 is 4.56. The molecule has 1 fully saturated rings. The van der Waals surface area contributed by atoms with Crippen molar-refractivity contribution < 1.29 is 14.3 Å². The van der Waals surface area contributed by atoms with E-state index < -0.39 is 5.97 Å². The molecule has 0 aromatic heterocycles. The van der Waals surface area contributed by atoms with Gasteiger partial charge in [0.25, 0.3) is 0 Å². The number of nitrogens with one attached hydrogen (secondary N) is 2. The van der Waals surface area contributed by atoms with Gasteiger partial charge in [-0.2, -0.15) is 0 Å². The fourth-order valence-electron chi connectivity index (χ4n) is 2.09. The highest BCUT2D eigenvalue weighted by Crippen LogP contribution is 2.15. The first-order chi connectivity index (χ1) is 9.69. The van der Waals surface area contributed by atoms with Gasteiger partial charge in [0.15, 0.2) is 0 Å². The Hall–Kier alpha value is -2.30. The third kappa shape index (κ3) is 3.85. The lowest BCUT2D eigenvalue weighted by Gasteiger charge is -2.12. The molecule has 1 aromatic rings. The fraction of sp³-hybridized carbons (Fsp3) is 0.333. The summed E-state index contributed by atoms with van der Waals surface area (Å²) in [4.78, 5) is 23.1. The Morgan fingerprint density at radius 1 is 1.40 bits per heavy atom. The molecule has 0 spiro atoms. The molecule has 1 atom stereocenters. The van der Waals surface area contributed by atoms with Gasteiger partial charge in [0, 0.05) is 18.3 Å². The van der Waals surface area contributed by atoms with Crippen LogP contribution in [-0.2, 0) is 20.9 Å². The Morgan fingerprint density at radius 2 is 2.15 bits per heavy atom. The minimum absolute atomic E-state index is 0.0536. The third-order valence-corrected chi connectivity index (χ3v) is 3.18. The van der Waals surface area contributed by atoms with Crippen LogP contribution >= 0.6 is 0 Å². The average molecular weight is 274 g/mol. The number of benzene rings is 1. The Kier molecular flexibility index (Phi) is 4.76. The number of rotatable bonds is 4. The van der Waals surface area contributed by atoms with E-state index in [0.717, 1.165) is 11.3 Å². The molecule has 20 heavy (non-hydrogen) atoms. The van der Waals surface area contributed by atoms with E-state index in [2.05, 4.69) is 15.4 Å². The molecule has 0 aliphatic carbocycles. The molecule has 1 amide bonds. The van der Waals surface area contributed by atoms with E-state index in [1.54, 1.807) is 0 Å². The smallest absolute Gasteiger partial charge is 0.332 e. The maximum absolute atomic E-state index is 12.0. The summed E-state index contributed by atoms with van der Waals surface area (Å²) in [6, 6.07) is 9.46. The number of carbonyl (C=O) groups excluding carboxylic acids is 2. The van der Waals surface area contributed by atoms with Gasteiger partial charge >= 0.3 is 5.97 Å². The number of hydrogen-bond acceptors (Lipinski definition) is 4. The van der Waals surface area contributed by atoms with Crippen LogP contribution in [0.25, 0.3) is 0 Å². The number of hydrogen-bond donors (Lipinski definition) is 2. The molecule has 106 valence electrons. The standard InChI is InChI=1S/C15H18N2O3/c1-20-14(18)9-12-7-8-13(17-12)15(19)16-10-11-5-3-2-4-6-11/h2-6,9,13,17H,7-8,10H2,1H3,(H,16,19)/b12-9-. The van der Waals surface area contributed by atoms with Gasteiger partial charge in [0.2, 0.25) is 5.91 Å². The largest absolute Gasteiger partial charge is 0.466 e. The lowest BCUT2D eigenvalue weighted by molar-refractivity contribution is -0.135. The summed E-state index contributed by atoms with van der Waals surface area (Å²) in [5.74, 6) is -0.458. The van der Waals surface area contributed by atoms with E-state index >= 15 is 0 Å². The average Bonchev–Trinajstić information content (AvgIpc) is 2.94. The maximum Gasteiger partial charge on any atom is 0.332 e. The summed E-state index contributed by atoms with van der Waals surface area (Å²) in [5, 5.41) is 5.92. The molecule has 1 unspecified atom stereocenters. The van der Waals surface area contributed by atoms with E-state index in [0.29, 0.717) is 19.4 Å². The van der Waals surface area contributed by atoms with Gasteiger partial charge in [0.05, 0.1) is 7.11 Å². The van der Waals surface area contributed by atoms with E-state index in [-0.39, 0.29) is 11.9 Å². The minimum atomic E-state index is -0.405. The van der Waals surface area contributed by atoms with Gasteiger partial charge in [-0.1, -0.05) is 30.3 Å². The minimum Gasteiger partial charge on any atom is -0.466 e. The second-order valence-corrected chi connectivity index (χ2v) is 4.63. The van der Waals surface area contributed by atoms with Crippen LogP contribution in [0.1, 0.15) is 18.4 Å². The maximum atomic E-state index is 12.0. The van der Waals surface area contributed by atoms with Crippen molar-refractivity contribution in [1.29, 1.82) is 0 Å². The Morgan fingerprint density at radius 3 is 2.85 bits per heavy atom. The molecule has 0 radical (unpaired) electrons. The highest BCUT2D eigenvalue weighted by Gasteiger charge is 2.25. The van der Waals surface area contributed by atoms with Gasteiger partial charge in [-0.25, -0.2) is 4.79 Å². The van der Waals surface area contributed by atoms with Gasteiger partial charge in [-0.05, 0) is 18.4 Å². The van der Waals surface area contributed by atoms with Crippen molar-refractivity contribution in [3.05, 3.63) is 47.7 Å². The van der Waals surface area contributed by atoms with Crippen LogP contribution in [0.2, 0.25) is 0 Å². The predicted molar refractivity (Wildman–Crippen MR) is 74.5 cm³/mol. The molecule has 1 aliphatic rings. The summed E-state index contributed by atoms with van der Waals surface area (Å²) in [6.07, 6.45) is 2.76. The van der Waals surface area contributed by atoms with Crippen molar-refractivity contribution in [2.45, 2.75) is 25.4 Å². The first-order valence-electron chi connectivity index (χ1n) is 6.55. The molecule has 5 nitrogen and oxygen atoms in total. The Balaban J connectivity index is 1.83. The zero-order valence-corrected chi connectivity index (χ0v) is 11.4. The SMILES string of the molecule is COC(=O)/C=C1/CCC(C(=O)NCc2ccccc2)N1. The molecule has 5 heteroatoms. The summed E-state index contributed by atoms with van der Waals surface area (Å²) in [5.41, 5.74) is 1.81. The second-order valence-electron chi connectivity index (χ2n) is 4.63. The summed E-state index contributed by atoms with van der Waals surface area (Å²) in [6.45, 7) is 0.508. The molecule has 2 N–H and O–H groups in total. The van der Waals surface area contributed by atoms with Crippen LogP contribution < -0.4 is 10.6 Å². The number of amides is 1. The van der Waals surface area contributed by atoms with Crippen molar-refractivity contribution in [3.8, 4) is 0 Å². The molecule has 1 aliphatic heterocycles. The monoisotopic (exact) mass is 274 g/mol. The van der Waals surface area contributed by atoms with Crippen LogP contribution in [0.3, 0.4) is 0 Å². The van der Waals surface area contributed by atoms with Crippen molar-refractivity contribution in [3.63, 3.8) is 0 Å². The van der Waals surface area contributed by atoms with Gasteiger partial charge in [-0.15, -0.1) is 0 Å². The van der Waals surface area contributed by atoms with E-state index in [4.69, 9.17) is 0 Å². The summed E-state index contributed by atoms with van der Waals surface area (Å²) >= 11 is 0. The van der Waals surface area contributed by atoms with Gasteiger partial charge < -0.3 is 15.4 Å². The Labute approximate surface area is 118 Å². The van der Waals surface area contributed by atoms with E-state index in [1.165, 1.54) is 13.2 Å². The van der Waals surface area contributed by atoms with Crippen molar-refractivity contribution in [2.75, 3.05) is 7.11 Å². The molecule has 0 bridgehead atoms. The number of esters is 1.